The average molecular weight is 113 g/mol. The second kappa shape index (κ2) is 1.09. The Balaban J connectivity index is 2.08. The summed E-state index contributed by atoms with van der Waals surface area (Å²) >= 11 is 0. The van der Waals surface area contributed by atoms with Crippen molar-refractivity contribution in [2.45, 2.75) is 30.9 Å². The lowest BCUT2D eigenvalue weighted by Gasteiger charge is -2.59. The van der Waals surface area contributed by atoms with Crippen LogP contribution < -0.4 is 5.73 Å². The molecule has 2 saturated carbocycles. The summed E-state index contributed by atoms with van der Waals surface area (Å²) in [5, 5.41) is 9.02. The van der Waals surface area contributed by atoms with Crippen molar-refractivity contribution in [2.75, 3.05) is 0 Å². The first-order valence-electron chi connectivity index (χ1n) is 3.19. The molecule has 2 fully saturated rings. The lowest BCUT2D eigenvalue weighted by atomic mass is 9.52. The van der Waals surface area contributed by atoms with E-state index in [0.717, 1.165) is 19.3 Å². The topological polar surface area (TPSA) is 46.2 Å². The van der Waals surface area contributed by atoms with Crippen molar-refractivity contribution in [2.24, 2.45) is 11.7 Å². The van der Waals surface area contributed by atoms with E-state index < -0.39 is 0 Å². The molecular formula is C6H11NO. The molecule has 46 valence electrons. The first kappa shape index (κ1) is 4.77. The highest BCUT2D eigenvalue weighted by Gasteiger charge is 2.56. The summed E-state index contributed by atoms with van der Waals surface area (Å²) in [6, 6.07) is 0. The molecule has 0 aliphatic heterocycles. The van der Waals surface area contributed by atoms with Crippen LogP contribution in [-0.2, 0) is 0 Å². The molecule has 0 aromatic rings. The molecule has 3 atom stereocenters. The predicted molar refractivity (Wildman–Crippen MR) is 30.3 cm³/mol. The van der Waals surface area contributed by atoms with Crippen LogP contribution in [0.25, 0.3) is 0 Å². The molecule has 2 nitrogen and oxygen atoms in total. The maximum absolute atomic E-state index is 9.02. The minimum Gasteiger partial charge on any atom is -0.393 e. The zero-order valence-electron chi connectivity index (χ0n) is 4.80. The maximum Gasteiger partial charge on any atom is 0.0603 e. The lowest BCUT2D eigenvalue weighted by Crippen LogP contribution is -2.69. The van der Waals surface area contributed by atoms with Crippen LogP contribution in [0.5, 0.6) is 0 Å². The molecule has 0 aromatic carbocycles. The van der Waals surface area contributed by atoms with Crippen LogP contribution in [0.1, 0.15) is 19.3 Å². The van der Waals surface area contributed by atoms with E-state index in [0.29, 0.717) is 5.92 Å². The molecule has 0 aromatic heterocycles. The Morgan fingerprint density at radius 3 is 2.38 bits per heavy atom. The van der Waals surface area contributed by atoms with Crippen LogP contribution in [0.4, 0.5) is 0 Å². The van der Waals surface area contributed by atoms with Crippen LogP contribution in [0.2, 0.25) is 0 Å². The van der Waals surface area contributed by atoms with Gasteiger partial charge in [0.15, 0.2) is 0 Å². The van der Waals surface area contributed by atoms with Crippen LogP contribution in [0.3, 0.4) is 0 Å². The minimum atomic E-state index is -0.0613. The Morgan fingerprint density at radius 1 is 1.62 bits per heavy atom. The van der Waals surface area contributed by atoms with E-state index >= 15 is 0 Å². The Morgan fingerprint density at radius 2 is 2.38 bits per heavy atom. The molecule has 0 radical (unpaired) electrons. The Bertz CT molecular complexity index is 126. The minimum absolute atomic E-state index is 0.0613. The van der Waals surface area contributed by atoms with Crippen LogP contribution >= 0.6 is 0 Å². The first-order chi connectivity index (χ1) is 3.72. The van der Waals surface area contributed by atoms with E-state index in [2.05, 4.69) is 0 Å². The summed E-state index contributed by atoms with van der Waals surface area (Å²) in [5.74, 6) is 0.461. The van der Waals surface area contributed by atoms with Gasteiger partial charge >= 0.3 is 0 Å². The summed E-state index contributed by atoms with van der Waals surface area (Å²) in [7, 11) is 0. The number of hydrogen-bond donors (Lipinski definition) is 2. The van der Waals surface area contributed by atoms with E-state index in [-0.39, 0.29) is 11.6 Å². The largest absolute Gasteiger partial charge is 0.393 e. The van der Waals surface area contributed by atoms with Gasteiger partial charge in [0.25, 0.3) is 0 Å². The quantitative estimate of drug-likeness (QED) is 0.459. The number of fused-ring (bicyclic) bond motifs is 1. The van der Waals surface area contributed by atoms with E-state index in [4.69, 9.17) is 10.8 Å². The van der Waals surface area contributed by atoms with Gasteiger partial charge in [0.05, 0.1) is 6.10 Å². The zero-order chi connectivity index (χ0) is 5.78. The van der Waals surface area contributed by atoms with E-state index in [1.807, 2.05) is 0 Å². The number of nitrogens with two attached hydrogens (primary N) is 1. The van der Waals surface area contributed by atoms with Crippen molar-refractivity contribution >= 4 is 0 Å². The molecule has 3 N–H and O–H groups in total. The molecule has 2 rings (SSSR count). The Hall–Kier alpha value is -0.0800. The molecule has 0 saturated heterocycles. The van der Waals surface area contributed by atoms with Gasteiger partial charge in [-0.1, -0.05) is 0 Å². The van der Waals surface area contributed by atoms with Gasteiger partial charge in [0.2, 0.25) is 0 Å². The molecule has 8 heavy (non-hydrogen) atoms. The van der Waals surface area contributed by atoms with E-state index in [9.17, 15) is 0 Å². The highest BCUT2D eigenvalue weighted by atomic mass is 16.3. The molecule has 2 aliphatic rings. The van der Waals surface area contributed by atoms with Gasteiger partial charge in [0.1, 0.15) is 0 Å². The van der Waals surface area contributed by atoms with Crippen molar-refractivity contribution in [3.05, 3.63) is 0 Å². The second-order valence-electron chi connectivity index (χ2n) is 3.15. The van der Waals surface area contributed by atoms with Gasteiger partial charge < -0.3 is 10.8 Å². The summed E-state index contributed by atoms with van der Waals surface area (Å²) < 4.78 is 0. The van der Waals surface area contributed by atoms with Gasteiger partial charge in [-0.3, -0.25) is 0 Å². The van der Waals surface area contributed by atoms with Gasteiger partial charge in [-0.25, -0.2) is 0 Å². The monoisotopic (exact) mass is 113 g/mol. The normalized spacial score (nSPS) is 60.8. The third-order valence-corrected chi connectivity index (χ3v) is 2.71. The molecule has 0 spiro atoms. The third kappa shape index (κ3) is 0.327. The van der Waals surface area contributed by atoms with Crippen molar-refractivity contribution < 1.29 is 5.11 Å². The Kier molecular flexibility index (Phi) is 0.649. The van der Waals surface area contributed by atoms with Gasteiger partial charge in [-0.2, -0.15) is 0 Å². The molecule has 0 bridgehead atoms. The SMILES string of the molecule is NC12CCC1C(O)C2. The zero-order valence-corrected chi connectivity index (χ0v) is 4.80. The van der Waals surface area contributed by atoms with E-state index in [1.165, 1.54) is 0 Å². The van der Waals surface area contributed by atoms with Crippen molar-refractivity contribution in [1.29, 1.82) is 0 Å². The highest BCUT2D eigenvalue weighted by molar-refractivity contribution is 5.13. The molecule has 3 unspecified atom stereocenters. The van der Waals surface area contributed by atoms with Gasteiger partial charge in [-0.15, -0.1) is 0 Å². The smallest absolute Gasteiger partial charge is 0.0603 e. The predicted octanol–water partition coefficient (Wildman–Crippen LogP) is -0.142. The maximum atomic E-state index is 9.02. The number of aliphatic hydroxyl groups excluding tert-OH is 1. The Labute approximate surface area is 48.7 Å². The number of hydrogen-bond acceptors (Lipinski definition) is 2. The fourth-order valence-corrected chi connectivity index (χ4v) is 1.88. The fourth-order valence-electron chi connectivity index (χ4n) is 1.88. The molecule has 2 heteroatoms. The summed E-state index contributed by atoms with van der Waals surface area (Å²) in [6.07, 6.45) is 3.07. The van der Waals surface area contributed by atoms with Gasteiger partial charge in [-0.05, 0) is 19.3 Å². The van der Waals surface area contributed by atoms with Gasteiger partial charge in [0, 0.05) is 11.5 Å². The number of rotatable bonds is 0. The fraction of sp³-hybridized carbons (Fsp3) is 1.00. The molecular weight excluding hydrogens is 102 g/mol. The summed E-state index contributed by atoms with van der Waals surface area (Å²) in [5.41, 5.74) is 5.87. The second-order valence-corrected chi connectivity index (χ2v) is 3.15. The van der Waals surface area contributed by atoms with Crippen LogP contribution in [0, 0.1) is 5.92 Å². The first-order valence-corrected chi connectivity index (χ1v) is 3.19. The third-order valence-electron chi connectivity index (χ3n) is 2.71. The highest BCUT2D eigenvalue weighted by Crippen LogP contribution is 2.51. The van der Waals surface area contributed by atoms with E-state index in [1.54, 1.807) is 0 Å². The van der Waals surface area contributed by atoms with Crippen molar-refractivity contribution in [3.63, 3.8) is 0 Å². The number of aliphatic hydroxyl groups is 1. The van der Waals surface area contributed by atoms with Crippen molar-refractivity contribution in [1.82, 2.24) is 0 Å². The lowest BCUT2D eigenvalue weighted by molar-refractivity contribution is -0.116. The molecule has 2 aliphatic carbocycles. The average Bonchev–Trinajstić information content (AvgIpc) is 1.64. The summed E-state index contributed by atoms with van der Waals surface area (Å²) in [4.78, 5) is 0. The van der Waals surface area contributed by atoms with Crippen LogP contribution in [-0.4, -0.2) is 16.7 Å². The summed E-state index contributed by atoms with van der Waals surface area (Å²) in [6.45, 7) is 0. The molecule has 0 heterocycles. The standard InChI is InChI=1S/C6H11NO/c7-6-2-1-4(6)5(8)3-6/h4-5,8H,1-3,7H2. The van der Waals surface area contributed by atoms with Crippen molar-refractivity contribution in [3.8, 4) is 0 Å². The molecule has 0 amide bonds. The van der Waals surface area contributed by atoms with Crippen LogP contribution in [0.15, 0.2) is 0 Å².